The molecule has 1 aliphatic carbocycles. The van der Waals surface area contributed by atoms with Crippen molar-refractivity contribution in [1.82, 2.24) is 5.32 Å². The van der Waals surface area contributed by atoms with Crippen molar-refractivity contribution in [2.45, 2.75) is 45.2 Å². The highest BCUT2D eigenvalue weighted by molar-refractivity contribution is 9.10. The summed E-state index contributed by atoms with van der Waals surface area (Å²) in [6, 6.07) is 9.84. The Kier molecular flexibility index (Phi) is 4.04. The first-order valence-corrected chi connectivity index (χ1v) is 7.01. The number of halogens is 1. The van der Waals surface area contributed by atoms with Crippen LogP contribution in [0.4, 0.5) is 0 Å². The number of hydrogen-bond donors (Lipinski definition) is 1. The van der Waals surface area contributed by atoms with Gasteiger partial charge in [-0.05, 0) is 49.8 Å². The number of benzene rings is 1. The lowest BCUT2D eigenvalue weighted by atomic mass is 10.0. The third-order valence-corrected chi connectivity index (χ3v) is 4.00. The molecule has 2 atom stereocenters. The fourth-order valence-corrected chi connectivity index (χ4v) is 2.46. The van der Waals surface area contributed by atoms with Gasteiger partial charge in [-0.1, -0.05) is 35.0 Å². The smallest absolute Gasteiger partial charge is 0.0320 e. The average molecular weight is 282 g/mol. The van der Waals surface area contributed by atoms with Crippen molar-refractivity contribution in [3.8, 4) is 0 Å². The van der Waals surface area contributed by atoms with Crippen LogP contribution in [0.15, 0.2) is 28.7 Å². The molecule has 1 N–H and O–H groups in total. The molecule has 0 spiro atoms. The second kappa shape index (κ2) is 5.33. The number of hydrogen-bond acceptors (Lipinski definition) is 1. The first-order chi connectivity index (χ1) is 7.70. The molecule has 0 saturated heterocycles. The summed E-state index contributed by atoms with van der Waals surface area (Å²) in [5.41, 5.74) is 1.40. The molecule has 1 aliphatic rings. The number of nitrogens with one attached hydrogen (secondary N) is 1. The Bertz CT molecular complexity index is 329. The maximum atomic E-state index is 3.75. The van der Waals surface area contributed by atoms with Gasteiger partial charge in [0.15, 0.2) is 0 Å². The van der Waals surface area contributed by atoms with Gasteiger partial charge in [0.1, 0.15) is 0 Å². The molecule has 0 aliphatic heterocycles. The molecule has 0 heterocycles. The van der Waals surface area contributed by atoms with E-state index in [9.17, 15) is 0 Å². The Morgan fingerprint density at radius 2 is 1.94 bits per heavy atom. The summed E-state index contributed by atoms with van der Waals surface area (Å²) in [4.78, 5) is 0. The van der Waals surface area contributed by atoms with Gasteiger partial charge in [-0.2, -0.15) is 0 Å². The van der Waals surface area contributed by atoms with Crippen LogP contribution in [0.3, 0.4) is 0 Å². The van der Waals surface area contributed by atoms with Crippen LogP contribution in [-0.4, -0.2) is 6.04 Å². The van der Waals surface area contributed by atoms with Gasteiger partial charge in [-0.15, -0.1) is 0 Å². The van der Waals surface area contributed by atoms with Crippen LogP contribution in [0.2, 0.25) is 0 Å². The van der Waals surface area contributed by atoms with Crippen LogP contribution >= 0.6 is 15.9 Å². The molecule has 2 heteroatoms. The Hall–Kier alpha value is -0.340. The third kappa shape index (κ3) is 3.08. The summed E-state index contributed by atoms with van der Waals surface area (Å²) < 4.78 is 1.15. The van der Waals surface area contributed by atoms with Crippen molar-refractivity contribution in [2.24, 2.45) is 5.92 Å². The van der Waals surface area contributed by atoms with E-state index in [-0.39, 0.29) is 0 Å². The van der Waals surface area contributed by atoms with Gasteiger partial charge in [0.25, 0.3) is 0 Å². The minimum Gasteiger partial charge on any atom is -0.307 e. The van der Waals surface area contributed by atoms with Crippen LogP contribution in [0, 0.1) is 5.92 Å². The fourth-order valence-electron chi connectivity index (χ4n) is 2.19. The maximum absolute atomic E-state index is 3.75. The normalized spacial score (nSPS) is 19.4. The van der Waals surface area contributed by atoms with Gasteiger partial charge >= 0.3 is 0 Å². The van der Waals surface area contributed by atoms with Gasteiger partial charge in [-0.3, -0.25) is 0 Å². The van der Waals surface area contributed by atoms with Crippen molar-refractivity contribution in [3.63, 3.8) is 0 Å². The molecule has 16 heavy (non-hydrogen) atoms. The molecule has 1 nitrogen and oxygen atoms in total. The van der Waals surface area contributed by atoms with Gasteiger partial charge < -0.3 is 5.32 Å². The van der Waals surface area contributed by atoms with Gasteiger partial charge in [0.2, 0.25) is 0 Å². The van der Waals surface area contributed by atoms with Crippen molar-refractivity contribution < 1.29 is 0 Å². The molecule has 0 bridgehead atoms. The Morgan fingerprint density at radius 3 is 2.44 bits per heavy atom. The average Bonchev–Trinajstić information content (AvgIpc) is 3.11. The lowest BCUT2D eigenvalue weighted by Gasteiger charge is -2.22. The van der Waals surface area contributed by atoms with Crippen molar-refractivity contribution in [2.75, 3.05) is 0 Å². The Labute approximate surface area is 107 Å². The summed E-state index contributed by atoms with van der Waals surface area (Å²) in [7, 11) is 0. The first-order valence-electron chi connectivity index (χ1n) is 6.22. The second-order valence-electron chi connectivity index (χ2n) is 4.81. The molecule has 88 valence electrons. The summed E-state index contributed by atoms with van der Waals surface area (Å²) >= 11 is 3.48. The molecule has 1 saturated carbocycles. The predicted octanol–water partition coefficient (Wildman–Crippen LogP) is 4.29. The standard InChI is InChI=1S/C14H20BrN/c1-3-14(16-10(2)11-4-5-11)12-6-8-13(15)9-7-12/h6-11,14,16H,3-5H2,1-2H3. The van der Waals surface area contributed by atoms with Crippen LogP contribution < -0.4 is 5.32 Å². The second-order valence-corrected chi connectivity index (χ2v) is 5.72. The summed E-state index contributed by atoms with van der Waals surface area (Å²) in [6.07, 6.45) is 3.97. The van der Waals surface area contributed by atoms with E-state index in [0.717, 1.165) is 16.8 Å². The quantitative estimate of drug-likeness (QED) is 0.849. The van der Waals surface area contributed by atoms with Crippen LogP contribution in [0.5, 0.6) is 0 Å². The highest BCUT2D eigenvalue weighted by Crippen LogP contribution is 2.33. The van der Waals surface area contributed by atoms with E-state index < -0.39 is 0 Å². The highest BCUT2D eigenvalue weighted by Gasteiger charge is 2.29. The predicted molar refractivity (Wildman–Crippen MR) is 72.5 cm³/mol. The third-order valence-electron chi connectivity index (χ3n) is 3.47. The SMILES string of the molecule is CCC(NC(C)C1CC1)c1ccc(Br)cc1. The van der Waals surface area contributed by atoms with Crippen LogP contribution in [0.1, 0.15) is 44.7 Å². The van der Waals surface area contributed by atoms with Crippen molar-refractivity contribution in [3.05, 3.63) is 34.3 Å². The Balaban J connectivity index is 2.00. The van der Waals surface area contributed by atoms with E-state index in [2.05, 4.69) is 59.4 Å². The minimum absolute atomic E-state index is 0.503. The molecule has 0 aromatic heterocycles. The van der Waals surface area contributed by atoms with Crippen molar-refractivity contribution >= 4 is 15.9 Å². The van der Waals surface area contributed by atoms with Crippen LogP contribution in [-0.2, 0) is 0 Å². The zero-order valence-electron chi connectivity index (χ0n) is 10.0. The van der Waals surface area contributed by atoms with E-state index in [1.54, 1.807) is 0 Å². The van der Waals surface area contributed by atoms with E-state index in [0.29, 0.717) is 12.1 Å². The molecule has 0 radical (unpaired) electrons. The monoisotopic (exact) mass is 281 g/mol. The lowest BCUT2D eigenvalue weighted by molar-refractivity contribution is 0.414. The Morgan fingerprint density at radius 1 is 1.31 bits per heavy atom. The summed E-state index contributed by atoms with van der Waals surface area (Å²) in [5.74, 6) is 0.921. The van der Waals surface area contributed by atoms with Gasteiger partial charge in [0, 0.05) is 16.6 Å². The summed E-state index contributed by atoms with van der Waals surface area (Å²) in [5, 5.41) is 3.75. The number of rotatable bonds is 5. The highest BCUT2D eigenvalue weighted by atomic mass is 79.9. The van der Waals surface area contributed by atoms with Gasteiger partial charge in [-0.25, -0.2) is 0 Å². The summed E-state index contributed by atoms with van der Waals surface area (Å²) in [6.45, 7) is 4.57. The van der Waals surface area contributed by atoms with E-state index >= 15 is 0 Å². The first kappa shape index (κ1) is 12.1. The topological polar surface area (TPSA) is 12.0 Å². The largest absolute Gasteiger partial charge is 0.307 e. The fraction of sp³-hybridized carbons (Fsp3) is 0.571. The maximum Gasteiger partial charge on any atom is 0.0320 e. The molecule has 1 aromatic carbocycles. The zero-order valence-corrected chi connectivity index (χ0v) is 11.6. The van der Waals surface area contributed by atoms with Crippen molar-refractivity contribution in [1.29, 1.82) is 0 Å². The van der Waals surface area contributed by atoms with E-state index in [4.69, 9.17) is 0 Å². The van der Waals surface area contributed by atoms with Crippen LogP contribution in [0.25, 0.3) is 0 Å². The molecule has 1 aromatic rings. The molecular formula is C14H20BrN. The minimum atomic E-state index is 0.503. The van der Waals surface area contributed by atoms with E-state index in [1.807, 2.05) is 0 Å². The molecule has 1 fully saturated rings. The van der Waals surface area contributed by atoms with Gasteiger partial charge in [0.05, 0.1) is 0 Å². The molecule has 2 unspecified atom stereocenters. The van der Waals surface area contributed by atoms with E-state index in [1.165, 1.54) is 18.4 Å². The zero-order chi connectivity index (χ0) is 11.5. The molecular weight excluding hydrogens is 262 g/mol. The molecule has 2 rings (SSSR count). The molecule has 0 amide bonds. The lowest BCUT2D eigenvalue weighted by Crippen LogP contribution is -2.31.